The van der Waals surface area contributed by atoms with Crippen LogP contribution in [0.15, 0.2) is 55.6 Å². The summed E-state index contributed by atoms with van der Waals surface area (Å²) >= 11 is 0. The normalized spacial score (nSPS) is 12.6. The number of hydrogen-bond donors (Lipinski definition) is 0. The van der Waals surface area contributed by atoms with Crippen LogP contribution < -0.4 is 10.4 Å². The molecule has 0 N–H and O–H groups in total. The van der Waals surface area contributed by atoms with Gasteiger partial charge in [-0.2, -0.15) is 0 Å². The Kier molecular flexibility index (Phi) is 4.72. The van der Waals surface area contributed by atoms with Crippen LogP contribution in [-0.4, -0.2) is 0 Å². The van der Waals surface area contributed by atoms with Crippen molar-refractivity contribution in [2.24, 2.45) is 0 Å². The first kappa shape index (κ1) is 17.0. The van der Waals surface area contributed by atoms with Crippen molar-refractivity contribution in [3.05, 3.63) is 82.8 Å². The van der Waals surface area contributed by atoms with Crippen LogP contribution in [0.5, 0.6) is 0 Å². The zero-order valence-corrected chi connectivity index (χ0v) is 15.3. The van der Waals surface area contributed by atoms with E-state index in [4.69, 9.17) is 0 Å². The lowest BCUT2D eigenvalue weighted by atomic mass is 9.85. The van der Waals surface area contributed by atoms with Gasteiger partial charge in [0.15, 0.2) is 0 Å². The summed E-state index contributed by atoms with van der Waals surface area (Å²) in [4.78, 5) is 0. The van der Waals surface area contributed by atoms with Crippen molar-refractivity contribution in [1.82, 2.24) is 0 Å². The van der Waals surface area contributed by atoms with Gasteiger partial charge in [0.2, 0.25) is 0 Å². The van der Waals surface area contributed by atoms with Crippen molar-refractivity contribution in [2.45, 2.75) is 20.8 Å². The van der Waals surface area contributed by atoms with Gasteiger partial charge in [-0.1, -0.05) is 79.9 Å². The molecular weight excluding hydrogens is 300 g/mol. The molecule has 0 fully saturated rings. The molecule has 0 amide bonds. The number of rotatable bonds is 3. The highest BCUT2D eigenvalue weighted by Crippen LogP contribution is 2.37. The van der Waals surface area contributed by atoms with Crippen molar-refractivity contribution >= 4 is 35.1 Å². The average Bonchev–Trinajstić information content (AvgIpc) is 2.67. The monoisotopic (exact) mass is 324 g/mol. The van der Waals surface area contributed by atoms with Crippen LogP contribution in [0.2, 0.25) is 0 Å². The lowest BCUT2D eigenvalue weighted by Gasteiger charge is -2.18. The van der Waals surface area contributed by atoms with E-state index in [2.05, 4.69) is 88.5 Å². The van der Waals surface area contributed by atoms with E-state index >= 15 is 0 Å². The molecule has 25 heavy (non-hydrogen) atoms. The molecule has 124 valence electrons. The van der Waals surface area contributed by atoms with Gasteiger partial charge >= 0.3 is 0 Å². The van der Waals surface area contributed by atoms with Crippen LogP contribution in [-0.2, 0) is 0 Å². The lowest BCUT2D eigenvalue weighted by Crippen LogP contribution is -2.26. The highest BCUT2D eigenvalue weighted by molar-refractivity contribution is 6.05. The van der Waals surface area contributed by atoms with E-state index < -0.39 is 0 Å². The molecule has 0 bridgehead atoms. The first-order chi connectivity index (χ1) is 12.2. The smallest absolute Gasteiger partial charge is 0.00207 e. The van der Waals surface area contributed by atoms with Crippen molar-refractivity contribution in [3.63, 3.8) is 0 Å². The third-order valence-electron chi connectivity index (χ3n) is 4.98. The van der Waals surface area contributed by atoms with Crippen molar-refractivity contribution in [2.75, 3.05) is 0 Å². The predicted molar refractivity (Wildman–Crippen MR) is 114 cm³/mol. The van der Waals surface area contributed by atoms with Gasteiger partial charge in [0.05, 0.1) is 0 Å². The van der Waals surface area contributed by atoms with E-state index in [-0.39, 0.29) is 0 Å². The molecule has 0 heteroatoms. The zero-order chi connectivity index (χ0) is 18.0. The summed E-state index contributed by atoms with van der Waals surface area (Å²) in [7, 11) is 0. The molecule has 0 nitrogen and oxygen atoms in total. The first-order valence-electron chi connectivity index (χ1n) is 8.70. The molecule has 0 saturated carbocycles. The SMILES string of the molecule is C=Cc1c(C=C)c(-c2cccc(=CC)c2=CC)c2ccccc2c1C. The minimum atomic E-state index is 1.16. The van der Waals surface area contributed by atoms with Crippen LogP contribution in [0.1, 0.15) is 30.5 Å². The van der Waals surface area contributed by atoms with E-state index in [1.807, 2.05) is 12.2 Å². The second-order valence-electron chi connectivity index (χ2n) is 6.17. The molecule has 0 aliphatic rings. The third-order valence-corrected chi connectivity index (χ3v) is 4.98. The van der Waals surface area contributed by atoms with Gasteiger partial charge in [0.25, 0.3) is 0 Å². The summed E-state index contributed by atoms with van der Waals surface area (Å²) in [6.45, 7) is 14.5. The first-order valence-corrected chi connectivity index (χ1v) is 8.70. The number of benzene rings is 3. The third kappa shape index (κ3) is 2.64. The maximum atomic E-state index is 4.11. The van der Waals surface area contributed by atoms with E-state index in [0.717, 1.165) is 11.1 Å². The quantitative estimate of drug-likeness (QED) is 0.579. The summed E-state index contributed by atoms with van der Waals surface area (Å²) < 4.78 is 0. The number of aryl methyl sites for hydroxylation is 1. The lowest BCUT2D eigenvalue weighted by molar-refractivity contribution is 1.45. The van der Waals surface area contributed by atoms with Gasteiger partial charge < -0.3 is 0 Å². The maximum absolute atomic E-state index is 4.11. The average molecular weight is 324 g/mol. The molecule has 0 spiro atoms. The molecule has 3 rings (SSSR count). The van der Waals surface area contributed by atoms with E-state index in [9.17, 15) is 0 Å². The molecule has 3 aromatic rings. The Morgan fingerprint density at radius 3 is 2.04 bits per heavy atom. The van der Waals surface area contributed by atoms with Gasteiger partial charge in [-0.25, -0.2) is 0 Å². The summed E-state index contributed by atoms with van der Waals surface area (Å²) in [5.41, 5.74) is 6.05. The molecule has 0 saturated heterocycles. The predicted octanol–water partition coefficient (Wildman–Crippen LogP) is 5.70. The minimum Gasteiger partial charge on any atom is -0.0984 e. The van der Waals surface area contributed by atoms with Gasteiger partial charge in [0.1, 0.15) is 0 Å². The largest absolute Gasteiger partial charge is 0.0984 e. The molecule has 0 heterocycles. The number of hydrogen-bond acceptors (Lipinski definition) is 0. The Balaban J connectivity index is 2.65. The maximum Gasteiger partial charge on any atom is -0.00207 e. The molecule has 3 aromatic carbocycles. The summed E-state index contributed by atoms with van der Waals surface area (Å²) in [6, 6.07) is 15.1. The van der Waals surface area contributed by atoms with E-state index in [1.54, 1.807) is 0 Å². The van der Waals surface area contributed by atoms with Crippen molar-refractivity contribution < 1.29 is 0 Å². The summed E-state index contributed by atoms with van der Waals surface area (Å²) in [6.07, 6.45) is 8.28. The second-order valence-corrected chi connectivity index (χ2v) is 6.17. The fourth-order valence-corrected chi connectivity index (χ4v) is 3.80. The topological polar surface area (TPSA) is 0 Å². The van der Waals surface area contributed by atoms with E-state index in [0.29, 0.717) is 0 Å². The minimum absolute atomic E-state index is 1.16. The zero-order valence-electron chi connectivity index (χ0n) is 15.3. The fourth-order valence-electron chi connectivity index (χ4n) is 3.80. The fraction of sp³-hybridized carbons (Fsp3) is 0.120. The van der Waals surface area contributed by atoms with E-state index in [1.165, 1.54) is 37.9 Å². The second kappa shape index (κ2) is 6.94. The molecule has 0 aliphatic heterocycles. The van der Waals surface area contributed by atoms with Crippen LogP contribution in [0.4, 0.5) is 0 Å². The molecule has 0 atom stereocenters. The van der Waals surface area contributed by atoms with Crippen molar-refractivity contribution in [1.29, 1.82) is 0 Å². The highest BCUT2D eigenvalue weighted by atomic mass is 14.2. The Morgan fingerprint density at radius 2 is 1.44 bits per heavy atom. The van der Waals surface area contributed by atoms with Crippen molar-refractivity contribution in [3.8, 4) is 11.1 Å². The van der Waals surface area contributed by atoms with Gasteiger partial charge in [0, 0.05) is 0 Å². The molecule has 0 radical (unpaired) electrons. The highest BCUT2D eigenvalue weighted by Gasteiger charge is 2.15. The molecule has 0 unspecified atom stereocenters. The Labute approximate surface area is 150 Å². The summed E-state index contributed by atoms with van der Waals surface area (Å²) in [5.74, 6) is 0. The van der Waals surface area contributed by atoms with Crippen LogP contribution in [0.25, 0.3) is 46.2 Å². The van der Waals surface area contributed by atoms with Gasteiger partial charge in [-0.15, -0.1) is 0 Å². The molecular formula is C25H24. The molecule has 0 aromatic heterocycles. The van der Waals surface area contributed by atoms with Crippen LogP contribution in [0.3, 0.4) is 0 Å². The standard InChI is InChI=1S/C25H24/c1-6-18-13-12-16-23(20(18)8-3)25-21(9-4)19(7-2)17(5)22-14-10-11-15-24(22)25/h6-16H,2,4H2,1,3,5H3. The Bertz CT molecular complexity index is 1100. The van der Waals surface area contributed by atoms with Gasteiger partial charge in [-0.3, -0.25) is 0 Å². The number of fused-ring (bicyclic) bond motifs is 1. The van der Waals surface area contributed by atoms with Gasteiger partial charge in [-0.05, 0) is 69.8 Å². The Morgan fingerprint density at radius 1 is 0.760 bits per heavy atom. The summed E-state index contributed by atoms with van der Waals surface area (Å²) in [5, 5.41) is 5.04. The van der Waals surface area contributed by atoms with Crippen LogP contribution >= 0.6 is 0 Å². The van der Waals surface area contributed by atoms with Crippen LogP contribution in [0, 0.1) is 6.92 Å². The Hall–Kier alpha value is -2.86. The molecule has 0 aliphatic carbocycles.